The maximum atomic E-state index is 6.09. The SMILES string of the molecule is COc1ncc(-c2cccc3c2C[C@H](N)CC3)cn1. The van der Waals surface area contributed by atoms with Gasteiger partial charge in [0.2, 0.25) is 0 Å². The molecule has 0 spiro atoms. The number of nitrogens with zero attached hydrogens (tertiary/aromatic N) is 2. The second-order valence-electron chi connectivity index (χ2n) is 4.90. The van der Waals surface area contributed by atoms with E-state index in [0.29, 0.717) is 6.01 Å². The average molecular weight is 255 g/mol. The second kappa shape index (κ2) is 4.97. The van der Waals surface area contributed by atoms with Crippen LogP contribution in [-0.4, -0.2) is 23.1 Å². The van der Waals surface area contributed by atoms with Crippen molar-refractivity contribution in [2.75, 3.05) is 7.11 Å². The molecule has 1 aliphatic carbocycles. The van der Waals surface area contributed by atoms with Crippen molar-refractivity contribution in [2.24, 2.45) is 5.73 Å². The van der Waals surface area contributed by atoms with Crippen molar-refractivity contribution in [2.45, 2.75) is 25.3 Å². The Morgan fingerprint density at radius 2 is 2.05 bits per heavy atom. The Morgan fingerprint density at radius 3 is 2.79 bits per heavy atom. The molecule has 1 aromatic heterocycles. The van der Waals surface area contributed by atoms with E-state index in [2.05, 4.69) is 28.2 Å². The summed E-state index contributed by atoms with van der Waals surface area (Å²) in [5, 5.41) is 0. The van der Waals surface area contributed by atoms with Gasteiger partial charge in [-0.2, -0.15) is 0 Å². The number of fused-ring (bicyclic) bond motifs is 1. The number of aromatic nitrogens is 2. The Morgan fingerprint density at radius 1 is 1.26 bits per heavy atom. The molecule has 0 radical (unpaired) electrons. The average Bonchev–Trinajstić information content (AvgIpc) is 2.47. The van der Waals surface area contributed by atoms with Crippen molar-refractivity contribution in [1.82, 2.24) is 9.97 Å². The van der Waals surface area contributed by atoms with Gasteiger partial charge in [-0.1, -0.05) is 18.2 Å². The van der Waals surface area contributed by atoms with Crippen LogP contribution in [0, 0.1) is 0 Å². The summed E-state index contributed by atoms with van der Waals surface area (Å²) < 4.78 is 4.99. The van der Waals surface area contributed by atoms with Crippen LogP contribution in [0.15, 0.2) is 30.6 Å². The molecule has 4 nitrogen and oxygen atoms in total. The highest BCUT2D eigenvalue weighted by molar-refractivity contribution is 5.68. The standard InChI is InChI=1S/C15H17N3O/c1-19-15-17-8-11(9-18-15)13-4-2-3-10-5-6-12(16)7-14(10)13/h2-4,8-9,12H,5-7,16H2,1H3/t12-/m1/s1. The molecule has 19 heavy (non-hydrogen) atoms. The third-order valence-corrected chi connectivity index (χ3v) is 3.65. The van der Waals surface area contributed by atoms with Gasteiger partial charge in [-0.05, 0) is 36.0 Å². The van der Waals surface area contributed by atoms with Gasteiger partial charge in [-0.3, -0.25) is 0 Å². The molecule has 98 valence electrons. The van der Waals surface area contributed by atoms with Crippen molar-refractivity contribution >= 4 is 0 Å². The molecular formula is C15H17N3O. The van der Waals surface area contributed by atoms with Gasteiger partial charge in [0.1, 0.15) is 0 Å². The molecule has 0 saturated carbocycles. The number of benzene rings is 1. The Labute approximate surface area is 112 Å². The van der Waals surface area contributed by atoms with E-state index in [1.807, 2.05) is 12.4 Å². The largest absolute Gasteiger partial charge is 0.467 e. The quantitative estimate of drug-likeness (QED) is 0.891. The molecule has 4 heteroatoms. The maximum Gasteiger partial charge on any atom is 0.316 e. The number of methoxy groups -OCH3 is 1. The van der Waals surface area contributed by atoms with Crippen LogP contribution in [0.1, 0.15) is 17.5 Å². The number of hydrogen-bond acceptors (Lipinski definition) is 4. The predicted octanol–water partition coefficient (Wildman–Crippen LogP) is 1.97. The Bertz CT molecular complexity index is 580. The fourth-order valence-electron chi connectivity index (χ4n) is 2.65. The van der Waals surface area contributed by atoms with Crippen molar-refractivity contribution < 1.29 is 4.74 Å². The summed E-state index contributed by atoms with van der Waals surface area (Å²) in [4.78, 5) is 8.35. The summed E-state index contributed by atoms with van der Waals surface area (Å²) >= 11 is 0. The van der Waals surface area contributed by atoms with Gasteiger partial charge in [-0.25, -0.2) is 9.97 Å². The smallest absolute Gasteiger partial charge is 0.316 e. The third kappa shape index (κ3) is 2.31. The lowest BCUT2D eigenvalue weighted by Gasteiger charge is -2.24. The van der Waals surface area contributed by atoms with E-state index < -0.39 is 0 Å². The van der Waals surface area contributed by atoms with E-state index in [0.717, 1.165) is 24.8 Å². The van der Waals surface area contributed by atoms with Gasteiger partial charge < -0.3 is 10.5 Å². The summed E-state index contributed by atoms with van der Waals surface area (Å²) in [5.74, 6) is 0. The fourth-order valence-corrected chi connectivity index (χ4v) is 2.65. The highest BCUT2D eigenvalue weighted by Crippen LogP contribution is 2.30. The Balaban J connectivity index is 2.04. The summed E-state index contributed by atoms with van der Waals surface area (Å²) in [6.45, 7) is 0. The molecule has 0 unspecified atom stereocenters. The van der Waals surface area contributed by atoms with Crippen LogP contribution >= 0.6 is 0 Å². The molecule has 2 N–H and O–H groups in total. The van der Waals surface area contributed by atoms with E-state index in [4.69, 9.17) is 10.5 Å². The molecule has 1 atom stereocenters. The van der Waals surface area contributed by atoms with Gasteiger partial charge in [0.15, 0.2) is 0 Å². The summed E-state index contributed by atoms with van der Waals surface area (Å²) in [6.07, 6.45) is 6.66. The molecule has 0 saturated heterocycles. The first-order valence-electron chi connectivity index (χ1n) is 6.50. The first kappa shape index (κ1) is 12.1. The van der Waals surface area contributed by atoms with Gasteiger partial charge in [0, 0.05) is 24.0 Å². The second-order valence-corrected chi connectivity index (χ2v) is 4.90. The maximum absolute atomic E-state index is 6.09. The highest BCUT2D eigenvalue weighted by atomic mass is 16.5. The molecule has 0 aliphatic heterocycles. The van der Waals surface area contributed by atoms with Crippen molar-refractivity contribution in [1.29, 1.82) is 0 Å². The third-order valence-electron chi connectivity index (χ3n) is 3.65. The zero-order chi connectivity index (χ0) is 13.2. The highest BCUT2D eigenvalue weighted by Gasteiger charge is 2.19. The van der Waals surface area contributed by atoms with E-state index >= 15 is 0 Å². The van der Waals surface area contributed by atoms with Gasteiger partial charge in [-0.15, -0.1) is 0 Å². The van der Waals surface area contributed by atoms with Crippen LogP contribution in [0.5, 0.6) is 6.01 Å². The topological polar surface area (TPSA) is 61.0 Å². The lowest BCUT2D eigenvalue weighted by molar-refractivity contribution is 0.380. The molecule has 1 aliphatic rings. The summed E-state index contributed by atoms with van der Waals surface area (Å²) in [7, 11) is 1.57. The number of ether oxygens (including phenoxy) is 1. The summed E-state index contributed by atoms with van der Waals surface area (Å²) in [5.41, 5.74) is 11.0. The molecule has 0 amide bonds. The van der Waals surface area contributed by atoms with Crippen LogP contribution in [-0.2, 0) is 12.8 Å². The van der Waals surface area contributed by atoms with Gasteiger partial charge in [0.05, 0.1) is 7.11 Å². The van der Waals surface area contributed by atoms with Crippen LogP contribution in [0.3, 0.4) is 0 Å². The Hall–Kier alpha value is -1.94. The van der Waals surface area contributed by atoms with E-state index in [-0.39, 0.29) is 6.04 Å². The first-order valence-corrected chi connectivity index (χ1v) is 6.50. The lowest BCUT2D eigenvalue weighted by Crippen LogP contribution is -2.28. The Kier molecular flexibility index (Phi) is 3.17. The minimum atomic E-state index is 0.257. The van der Waals surface area contributed by atoms with Crippen LogP contribution in [0.2, 0.25) is 0 Å². The lowest BCUT2D eigenvalue weighted by atomic mass is 9.84. The van der Waals surface area contributed by atoms with Crippen molar-refractivity contribution in [3.05, 3.63) is 41.7 Å². The molecule has 0 bridgehead atoms. The van der Waals surface area contributed by atoms with E-state index in [1.54, 1.807) is 7.11 Å². The number of rotatable bonds is 2. The summed E-state index contributed by atoms with van der Waals surface area (Å²) in [6, 6.07) is 7.05. The monoisotopic (exact) mass is 255 g/mol. The van der Waals surface area contributed by atoms with Crippen molar-refractivity contribution in [3.8, 4) is 17.1 Å². The molecule has 3 rings (SSSR count). The molecular weight excluding hydrogens is 238 g/mol. The van der Waals surface area contributed by atoms with Crippen LogP contribution in [0.25, 0.3) is 11.1 Å². The molecule has 0 fully saturated rings. The minimum Gasteiger partial charge on any atom is -0.467 e. The van der Waals surface area contributed by atoms with Crippen LogP contribution < -0.4 is 10.5 Å². The van der Waals surface area contributed by atoms with E-state index in [9.17, 15) is 0 Å². The zero-order valence-corrected chi connectivity index (χ0v) is 11.0. The predicted molar refractivity (Wildman–Crippen MR) is 74.0 cm³/mol. The molecule has 1 heterocycles. The van der Waals surface area contributed by atoms with E-state index in [1.165, 1.54) is 16.7 Å². The molecule has 1 aromatic carbocycles. The normalized spacial score (nSPS) is 17.9. The number of hydrogen-bond donors (Lipinski definition) is 1. The number of aryl methyl sites for hydroxylation is 1. The first-order chi connectivity index (χ1) is 9.28. The number of nitrogens with two attached hydrogens (primary N) is 1. The molecule has 2 aromatic rings. The van der Waals surface area contributed by atoms with Crippen LogP contribution in [0.4, 0.5) is 0 Å². The van der Waals surface area contributed by atoms with Gasteiger partial charge in [0.25, 0.3) is 0 Å². The van der Waals surface area contributed by atoms with Gasteiger partial charge >= 0.3 is 6.01 Å². The van der Waals surface area contributed by atoms with Crippen molar-refractivity contribution in [3.63, 3.8) is 0 Å². The zero-order valence-electron chi connectivity index (χ0n) is 11.0. The minimum absolute atomic E-state index is 0.257. The fraction of sp³-hybridized carbons (Fsp3) is 0.333.